The maximum Gasteiger partial charge on any atom is 0.336 e. The van der Waals surface area contributed by atoms with Crippen molar-refractivity contribution >= 4 is 17.9 Å². The lowest BCUT2D eigenvalue weighted by Gasteiger charge is -2.30. The average molecular weight is 545 g/mol. The molecule has 1 aromatic carbocycles. The van der Waals surface area contributed by atoms with Gasteiger partial charge in [0.25, 0.3) is 0 Å². The quantitative estimate of drug-likeness (QED) is 0.312. The van der Waals surface area contributed by atoms with Crippen molar-refractivity contribution in [2.75, 3.05) is 20.2 Å². The van der Waals surface area contributed by atoms with Crippen molar-refractivity contribution in [3.8, 4) is 5.75 Å². The largest absolute Gasteiger partial charge is 0.496 e. The van der Waals surface area contributed by atoms with E-state index in [1.165, 1.54) is 11.1 Å². The second kappa shape index (κ2) is 12.1. The molecule has 11 nitrogen and oxygen atoms in total. The molecule has 5 N–H and O–H groups in total. The lowest BCUT2D eigenvalue weighted by atomic mass is 9.85. The molecule has 2 aliphatic rings. The van der Waals surface area contributed by atoms with Gasteiger partial charge in [0, 0.05) is 37.3 Å². The van der Waals surface area contributed by atoms with Crippen LogP contribution in [0.5, 0.6) is 5.75 Å². The standard InChI is InChI=1S/C22H28N2O2.C6H8O7/c1-15-4-6-20(26-3)18(10-15)13-24-12-17-8-9-22(25,19(17)14-24)21-7-5-16(2)11-23-21;7-3(8)1-6(13,5(11)12)2-4(9)10/h4-7,10-11,17,19,25H,8-9,12-14H2,1-3H3;13H,1-2H2,(H,7,8)(H,9,10)(H,11,12). The molecule has 3 atom stereocenters. The summed E-state index contributed by atoms with van der Waals surface area (Å²) in [6, 6.07) is 10.4. The smallest absolute Gasteiger partial charge is 0.336 e. The van der Waals surface area contributed by atoms with Crippen LogP contribution in [-0.2, 0) is 26.5 Å². The van der Waals surface area contributed by atoms with E-state index in [9.17, 15) is 19.5 Å². The fourth-order valence-electron chi connectivity index (χ4n) is 5.54. The predicted molar refractivity (Wildman–Crippen MR) is 139 cm³/mol. The number of pyridine rings is 1. The number of hydrogen-bond acceptors (Lipinski definition) is 8. The molecular weight excluding hydrogens is 508 g/mol. The molecule has 0 bridgehead atoms. The normalized spacial score (nSPS) is 22.5. The zero-order valence-electron chi connectivity index (χ0n) is 22.3. The SMILES string of the molecule is COc1ccc(C)cc1CN1CC2CCC(O)(c3ccc(C)cn3)C2C1.O=C(O)CC(O)(CC(=O)O)C(=O)O. The number of carboxylic acid groups (broad SMARTS) is 3. The topological polar surface area (TPSA) is 178 Å². The zero-order chi connectivity index (χ0) is 29.0. The summed E-state index contributed by atoms with van der Waals surface area (Å²) in [6.45, 7) is 6.97. The highest BCUT2D eigenvalue weighted by Gasteiger charge is 2.53. The predicted octanol–water partition coefficient (Wildman–Crippen LogP) is 2.19. The van der Waals surface area contributed by atoms with Gasteiger partial charge in [0.15, 0.2) is 5.60 Å². The summed E-state index contributed by atoms with van der Waals surface area (Å²) in [7, 11) is 1.73. The first-order valence-corrected chi connectivity index (χ1v) is 12.7. The number of benzene rings is 1. The third-order valence-electron chi connectivity index (χ3n) is 7.50. The number of fused-ring (bicyclic) bond motifs is 1. The van der Waals surface area contributed by atoms with Crippen LogP contribution in [0.2, 0.25) is 0 Å². The van der Waals surface area contributed by atoms with Crippen LogP contribution in [0, 0.1) is 25.7 Å². The van der Waals surface area contributed by atoms with Gasteiger partial charge in [-0.2, -0.15) is 0 Å². The van der Waals surface area contributed by atoms with Gasteiger partial charge in [-0.3, -0.25) is 19.5 Å². The van der Waals surface area contributed by atoms with Crippen LogP contribution in [0.4, 0.5) is 0 Å². The Labute approximate surface area is 226 Å². The molecule has 1 aromatic heterocycles. The van der Waals surface area contributed by atoms with E-state index in [1.807, 2.05) is 25.3 Å². The first-order chi connectivity index (χ1) is 18.3. The van der Waals surface area contributed by atoms with Crippen molar-refractivity contribution in [1.82, 2.24) is 9.88 Å². The monoisotopic (exact) mass is 544 g/mol. The van der Waals surface area contributed by atoms with Crippen LogP contribution in [0.3, 0.4) is 0 Å². The van der Waals surface area contributed by atoms with Gasteiger partial charge in [-0.15, -0.1) is 0 Å². The molecule has 1 saturated heterocycles. The lowest BCUT2D eigenvalue weighted by Crippen LogP contribution is -2.42. The molecular formula is C28H36N2O9. The molecule has 39 heavy (non-hydrogen) atoms. The van der Waals surface area contributed by atoms with Crippen LogP contribution in [0.1, 0.15) is 48.1 Å². The molecule has 3 unspecified atom stereocenters. The number of aliphatic hydroxyl groups is 2. The number of aryl methyl sites for hydroxylation is 2. The Hall–Kier alpha value is -3.54. The fraction of sp³-hybridized carbons (Fsp3) is 0.500. The third-order valence-corrected chi connectivity index (χ3v) is 7.50. The summed E-state index contributed by atoms with van der Waals surface area (Å²) < 4.78 is 5.54. The molecule has 2 heterocycles. The highest BCUT2D eigenvalue weighted by Crippen LogP contribution is 2.50. The summed E-state index contributed by atoms with van der Waals surface area (Å²) in [5.74, 6) is -3.27. The number of hydrogen-bond donors (Lipinski definition) is 5. The molecule has 212 valence electrons. The van der Waals surface area contributed by atoms with Crippen LogP contribution in [-0.4, -0.2) is 79.1 Å². The molecule has 0 radical (unpaired) electrons. The molecule has 11 heteroatoms. The van der Waals surface area contributed by atoms with E-state index in [-0.39, 0.29) is 5.92 Å². The highest BCUT2D eigenvalue weighted by molar-refractivity contribution is 5.88. The fourth-order valence-corrected chi connectivity index (χ4v) is 5.54. The van der Waals surface area contributed by atoms with Crippen LogP contribution >= 0.6 is 0 Å². The van der Waals surface area contributed by atoms with Gasteiger partial charge >= 0.3 is 17.9 Å². The van der Waals surface area contributed by atoms with E-state index in [2.05, 4.69) is 35.0 Å². The molecule has 1 aliphatic carbocycles. The summed E-state index contributed by atoms with van der Waals surface area (Å²) in [5, 5.41) is 45.2. The van der Waals surface area contributed by atoms with Gasteiger partial charge in [0.2, 0.25) is 0 Å². The lowest BCUT2D eigenvalue weighted by molar-refractivity contribution is -0.170. The van der Waals surface area contributed by atoms with Crippen molar-refractivity contribution in [1.29, 1.82) is 0 Å². The number of methoxy groups -OCH3 is 1. The summed E-state index contributed by atoms with van der Waals surface area (Å²) in [4.78, 5) is 37.5. The van der Waals surface area contributed by atoms with Gasteiger partial charge < -0.3 is 30.3 Å². The van der Waals surface area contributed by atoms with Crippen molar-refractivity contribution in [3.05, 3.63) is 58.9 Å². The van der Waals surface area contributed by atoms with Gasteiger partial charge in [-0.1, -0.05) is 23.8 Å². The number of ether oxygens (including phenoxy) is 1. The van der Waals surface area contributed by atoms with E-state index in [0.29, 0.717) is 5.92 Å². The van der Waals surface area contributed by atoms with Crippen molar-refractivity contribution < 1.29 is 44.7 Å². The maximum absolute atomic E-state index is 11.4. The number of carbonyl (C=O) groups is 3. The Balaban J connectivity index is 0.000000276. The minimum absolute atomic E-state index is 0.258. The van der Waals surface area contributed by atoms with E-state index in [0.717, 1.165) is 49.5 Å². The summed E-state index contributed by atoms with van der Waals surface area (Å²) in [6.07, 6.45) is 1.46. The Kier molecular flexibility index (Phi) is 9.31. The van der Waals surface area contributed by atoms with E-state index in [1.54, 1.807) is 7.11 Å². The van der Waals surface area contributed by atoms with Crippen LogP contribution in [0.25, 0.3) is 0 Å². The minimum Gasteiger partial charge on any atom is -0.496 e. The molecule has 0 spiro atoms. The van der Waals surface area contributed by atoms with E-state index in [4.69, 9.17) is 25.2 Å². The highest BCUT2D eigenvalue weighted by atomic mass is 16.5. The number of likely N-dealkylation sites (tertiary alicyclic amines) is 1. The van der Waals surface area contributed by atoms with E-state index >= 15 is 0 Å². The maximum atomic E-state index is 11.4. The molecule has 4 rings (SSSR count). The molecule has 1 saturated carbocycles. The van der Waals surface area contributed by atoms with Crippen LogP contribution < -0.4 is 4.74 Å². The molecule has 0 amide bonds. The van der Waals surface area contributed by atoms with Crippen molar-refractivity contribution in [3.63, 3.8) is 0 Å². The number of rotatable bonds is 9. The second-order valence-corrected chi connectivity index (χ2v) is 10.5. The second-order valence-electron chi connectivity index (χ2n) is 10.5. The van der Waals surface area contributed by atoms with E-state index < -0.39 is 42.0 Å². The first kappa shape index (κ1) is 30.0. The van der Waals surface area contributed by atoms with Crippen molar-refractivity contribution in [2.45, 2.75) is 57.3 Å². The summed E-state index contributed by atoms with van der Waals surface area (Å²) in [5.41, 5.74) is 0.920. The number of aliphatic carboxylic acids is 3. The molecule has 1 aliphatic heterocycles. The van der Waals surface area contributed by atoms with Gasteiger partial charge in [0.05, 0.1) is 25.6 Å². The van der Waals surface area contributed by atoms with Gasteiger partial charge in [0.1, 0.15) is 11.4 Å². The van der Waals surface area contributed by atoms with Gasteiger partial charge in [-0.05, 0) is 50.3 Å². The average Bonchev–Trinajstić information content (AvgIpc) is 3.39. The minimum atomic E-state index is -2.74. The molecule has 2 fully saturated rings. The molecule has 2 aromatic rings. The van der Waals surface area contributed by atoms with Crippen LogP contribution in [0.15, 0.2) is 36.5 Å². The number of aromatic nitrogens is 1. The van der Waals surface area contributed by atoms with Gasteiger partial charge in [-0.25, -0.2) is 4.79 Å². The zero-order valence-corrected chi connectivity index (χ0v) is 22.3. The Bertz CT molecular complexity index is 1180. The van der Waals surface area contributed by atoms with Crippen molar-refractivity contribution in [2.24, 2.45) is 11.8 Å². The Morgan fingerprint density at radius 1 is 1.05 bits per heavy atom. The Morgan fingerprint density at radius 2 is 1.69 bits per heavy atom. The first-order valence-electron chi connectivity index (χ1n) is 12.7. The third kappa shape index (κ3) is 7.11. The summed E-state index contributed by atoms with van der Waals surface area (Å²) >= 11 is 0. The number of carboxylic acids is 3. The number of nitrogens with zero attached hydrogens (tertiary/aromatic N) is 2. The Morgan fingerprint density at radius 3 is 2.23 bits per heavy atom.